The average Bonchev–Trinajstić information content (AvgIpc) is 2.74. The summed E-state index contributed by atoms with van der Waals surface area (Å²) in [5.74, 6) is 0.648. The normalized spacial score (nSPS) is 15.5. The fraction of sp³-hybridized carbons (Fsp3) is 0.0909. The van der Waals surface area contributed by atoms with Crippen LogP contribution in [0.2, 0.25) is 0 Å². The molecule has 1 N–H and O–H groups in total. The molecule has 1 aliphatic heterocycles. The van der Waals surface area contributed by atoms with Gasteiger partial charge >= 0.3 is 0 Å². The van der Waals surface area contributed by atoms with Crippen LogP contribution in [-0.4, -0.2) is 13.0 Å². The number of hydrogen-bond acceptors (Lipinski definition) is 4. The highest BCUT2D eigenvalue weighted by atomic mass is 16.5. The van der Waals surface area contributed by atoms with E-state index in [9.17, 15) is 4.79 Å². The van der Waals surface area contributed by atoms with Crippen molar-refractivity contribution in [3.05, 3.63) is 89.5 Å². The monoisotopic (exact) mass is 355 g/mol. The van der Waals surface area contributed by atoms with E-state index >= 15 is 0 Å². The van der Waals surface area contributed by atoms with Crippen LogP contribution in [-0.2, 0) is 0 Å². The second kappa shape index (κ2) is 6.85. The third kappa shape index (κ3) is 2.98. The zero-order valence-electron chi connectivity index (χ0n) is 14.7. The van der Waals surface area contributed by atoms with Crippen LogP contribution in [0.5, 0.6) is 5.75 Å². The number of methoxy groups -OCH3 is 1. The van der Waals surface area contributed by atoms with E-state index in [1.807, 2.05) is 60.7 Å². The second-order valence-corrected chi connectivity index (χ2v) is 6.20. The van der Waals surface area contributed by atoms with Crippen LogP contribution in [0.4, 0.5) is 11.4 Å². The van der Waals surface area contributed by atoms with Gasteiger partial charge in [-0.25, -0.2) is 0 Å². The second-order valence-electron chi connectivity index (χ2n) is 6.20. The summed E-state index contributed by atoms with van der Waals surface area (Å²) < 4.78 is 5.23. The summed E-state index contributed by atoms with van der Waals surface area (Å²) in [7, 11) is 1.61. The molecule has 0 bridgehead atoms. The van der Waals surface area contributed by atoms with E-state index in [2.05, 4.69) is 11.4 Å². The molecule has 1 atom stereocenters. The summed E-state index contributed by atoms with van der Waals surface area (Å²) >= 11 is 0. The highest BCUT2D eigenvalue weighted by molar-refractivity contribution is 6.12. The molecule has 0 aliphatic carbocycles. The van der Waals surface area contributed by atoms with E-state index in [1.165, 1.54) is 0 Å². The predicted octanol–water partition coefficient (Wildman–Crippen LogP) is 4.34. The van der Waals surface area contributed by atoms with E-state index in [-0.39, 0.29) is 12.1 Å². The maximum atomic E-state index is 13.3. The van der Waals surface area contributed by atoms with Crippen molar-refractivity contribution in [2.24, 2.45) is 0 Å². The third-order valence-electron chi connectivity index (χ3n) is 4.63. The minimum absolute atomic E-state index is 0.0797. The lowest BCUT2D eigenvalue weighted by molar-refractivity contribution is 0.0975. The predicted molar refractivity (Wildman–Crippen MR) is 104 cm³/mol. The van der Waals surface area contributed by atoms with E-state index in [0.29, 0.717) is 11.1 Å². The first-order valence-electron chi connectivity index (χ1n) is 8.54. The third-order valence-corrected chi connectivity index (χ3v) is 4.63. The van der Waals surface area contributed by atoms with Gasteiger partial charge in [0, 0.05) is 11.4 Å². The molecule has 3 aromatic carbocycles. The molecule has 0 saturated carbocycles. The van der Waals surface area contributed by atoms with Gasteiger partial charge in [-0.15, -0.1) is 0 Å². The zero-order valence-corrected chi connectivity index (χ0v) is 14.7. The number of hydrogen-bond donors (Lipinski definition) is 1. The Labute approximate surface area is 157 Å². The highest BCUT2D eigenvalue weighted by Gasteiger charge is 2.33. The van der Waals surface area contributed by atoms with Crippen molar-refractivity contribution in [2.45, 2.75) is 6.17 Å². The van der Waals surface area contributed by atoms with Crippen molar-refractivity contribution in [2.75, 3.05) is 17.3 Å². The molecule has 1 amide bonds. The van der Waals surface area contributed by atoms with Crippen LogP contribution in [0.25, 0.3) is 0 Å². The molecular formula is C22H17N3O2. The van der Waals surface area contributed by atoms with Gasteiger partial charge in [-0.05, 0) is 54.1 Å². The fourth-order valence-electron chi connectivity index (χ4n) is 3.24. The van der Waals surface area contributed by atoms with Gasteiger partial charge in [-0.2, -0.15) is 5.26 Å². The summed E-state index contributed by atoms with van der Waals surface area (Å²) in [5, 5.41) is 12.5. The fourth-order valence-corrected chi connectivity index (χ4v) is 3.24. The maximum absolute atomic E-state index is 13.3. The lowest BCUT2D eigenvalue weighted by Gasteiger charge is -2.38. The Balaban J connectivity index is 1.82. The minimum Gasteiger partial charge on any atom is -0.497 e. The van der Waals surface area contributed by atoms with Gasteiger partial charge in [0.2, 0.25) is 0 Å². The number of anilines is 2. The molecule has 1 heterocycles. The summed E-state index contributed by atoms with van der Waals surface area (Å²) in [5.41, 5.74) is 3.65. The number of nitrogens with one attached hydrogen (secondary N) is 1. The minimum atomic E-state index is -0.381. The van der Waals surface area contributed by atoms with E-state index in [0.717, 1.165) is 22.7 Å². The number of carbonyl (C=O) groups is 1. The SMILES string of the molecule is COc1ccc(N2C(=O)c3ccccc3NC2c2ccc(C#N)cc2)cc1. The number of para-hydroxylation sites is 1. The summed E-state index contributed by atoms with van der Waals surface area (Å²) in [6.07, 6.45) is -0.381. The molecule has 0 radical (unpaired) electrons. The highest BCUT2D eigenvalue weighted by Crippen LogP contribution is 2.37. The molecule has 5 nitrogen and oxygen atoms in total. The molecule has 1 aliphatic rings. The number of nitrogens with zero attached hydrogens (tertiary/aromatic N) is 2. The quantitative estimate of drug-likeness (QED) is 0.759. The molecule has 132 valence electrons. The van der Waals surface area contributed by atoms with Crippen LogP contribution in [0.3, 0.4) is 0 Å². The number of fused-ring (bicyclic) bond motifs is 1. The number of nitriles is 1. The average molecular weight is 355 g/mol. The van der Waals surface area contributed by atoms with Crippen molar-refractivity contribution in [3.8, 4) is 11.8 Å². The van der Waals surface area contributed by atoms with E-state index in [1.54, 1.807) is 24.1 Å². The van der Waals surface area contributed by atoms with E-state index in [4.69, 9.17) is 10.00 Å². The van der Waals surface area contributed by atoms with Crippen molar-refractivity contribution < 1.29 is 9.53 Å². The van der Waals surface area contributed by atoms with Crippen LogP contribution in [0.1, 0.15) is 27.7 Å². The van der Waals surface area contributed by atoms with Crippen LogP contribution in [0.15, 0.2) is 72.8 Å². The lowest BCUT2D eigenvalue weighted by atomic mass is 10.0. The number of ether oxygens (including phenoxy) is 1. The first kappa shape index (κ1) is 16.7. The maximum Gasteiger partial charge on any atom is 0.262 e. The van der Waals surface area contributed by atoms with Gasteiger partial charge in [0.05, 0.1) is 24.3 Å². The Morgan fingerprint density at radius 2 is 1.70 bits per heavy atom. The Bertz CT molecular complexity index is 1020. The smallest absolute Gasteiger partial charge is 0.262 e. The van der Waals surface area contributed by atoms with Crippen molar-refractivity contribution in [1.29, 1.82) is 5.26 Å². The standard InChI is InChI=1S/C22H17N3O2/c1-27-18-12-10-17(11-13-18)25-21(16-8-6-15(14-23)7-9-16)24-20-5-3-2-4-19(20)22(25)26/h2-13,21,24H,1H3. The Morgan fingerprint density at radius 1 is 1.00 bits per heavy atom. The Morgan fingerprint density at radius 3 is 2.37 bits per heavy atom. The molecule has 0 fully saturated rings. The largest absolute Gasteiger partial charge is 0.497 e. The topological polar surface area (TPSA) is 65.4 Å². The number of rotatable bonds is 3. The first-order chi connectivity index (χ1) is 13.2. The molecule has 0 saturated heterocycles. The molecule has 3 aromatic rings. The van der Waals surface area contributed by atoms with Crippen molar-refractivity contribution in [3.63, 3.8) is 0 Å². The molecule has 0 spiro atoms. The first-order valence-corrected chi connectivity index (χ1v) is 8.54. The molecule has 1 unspecified atom stereocenters. The molecule has 5 heteroatoms. The zero-order chi connectivity index (χ0) is 18.8. The van der Waals surface area contributed by atoms with Gasteiger partial charge in [0.25, 0.3) is 5.91 Å². The van der Waals surface area contributed by atoms with Gasteiger partial charge in [0.1, 0.15) is 11.9 Å². The Kier molecular flexibility index (Phi) is 4.23. The lowest BCUT2D eigenvalue weighted by Crippen LogP contribution is -2.43. The molecule has 27 heavy (non-hydrogen) atoms. The summed E-state index contributed by atoms with van der Waals surface area (Å²) in [6, 6.07) is 24.2. The van der Waals surface area contributed by atoms with Crippen LogP contribution in [0, 0.1) is 11.3 Å². The van der Waals surface area contributed by atoms with Gasteiger partial charge in [-0.3, -0.25) is 9.69 Å². The van der Waals surface area contributed by atoms with Gasteiger partial charge in [0.15, 0.2) is 0 Å². The molecule has 0 aromatic heterocycles. The Hall–Kier alpha value is -3.78. The van der Waals surface area contributed by atoms with Crippen LogP contribution < -0.4 is 15.0 Å². The summed E-state index contributed by atoms with van der Waals surface area (Å²) in [6.45, 7) is 0. The van der Waals surface area contributed by atoms with Crippen molar-refractivity contribution in [1.82, 2.24) is 0 Å². The van der Waals surface area contributed by atoms with Crippen LogP contribution >= 0.6 is 0 Å². The number of carbonyl (C=O) groups excluding carboxylic acids is 1. The van der Waals surface area contributed by atoms with Gasteiger partial charge in [-0.1, -0.05) is 24.3 Å². The van der Waals surface area contributed by atoms with E-state index < -0.39 is 0 Å². The molecular weight excluding hydrogens is 338 g/mol. The number of benzene rings is 3. The summed E-state index contributed by atoms with van der Waals surface area (Å²) in [4.78, 5) is 15.0. The van der Waals surface area contributed by atoms with Gasteiger partial charge < -0.3 is 10.1 Å². The molecule has 4 rings (SSSR count). The number of amides is 1. The van der Waals surface area contributed by atoms with Crippen molar-refractivity contribution >= 4 is 17.3 Å².